The van der Waals surface area contributed by atoms with Gasteiger partial charge in [0.25, 0.3) is 0 Å². The number of nitrogens with zero attached hydrogens (tertiary/aromatic N) is 3. The van der Waals surface area contributed by atoms with Gasteiger partial charge in [-0.2, -0.15) is 10.1 Å². The Kier molecular flexibility index (Phi) is 3.63. The van der Waals surface area contributed by atoms with Gasteiger partial charge in [-0.15, -0.1) is 0 Å². The molecule has 5 nitrogen and oxygen atoms in total. The Hall–Kier alpha value is -3.28. The predicted molar refractivity (Wildman–Crippen MR) is 98.6 cm³/mol. The Labute approximate surface area is 155 Å². The molecule has 2 heterocycles. The number of carbonyl (C=O) groups excluding carboxylic acids is 1. The van der Waals surface area contributed by atoms with Crippen LogP contribution in [0.15, 0.2) is 72.2 Å². The van der Waals surface area contributed by atoms with Gasteiger partial charge in [-0.3, -0.25) is 4.79 Å². The zero-order chi connectivity index (χ0) is 18.4. The van der Waals surface area contributed by atoms with E-state index in [9.17, 15) is 9.18 Å². The van der Waals surface area contributed by atoms with E-state index in [2.05, 4.69) is 27.5 Å². The lowest BCUT2D eigenvalue weighted by atomic mass is 9.78. The van der Waals surface area contributed by atoms with Gasteiger partial charge in [0.05, 0.1) is 0 Å². The molecule has 2 atom stereocenters. The number of allylic oxidation sites excluding steroid dienone is 2. The second-order valence-electron chi connectivity index (χ2n) is 6.94. The van der Waals surface area contributed by atoms with Gasteiger partial charge in [-0.05, 0) is 35.6 Å². The van der Waals surface area contributed by atoms with Crippen LogP contribution in [0.25, 0.3) is 0 Å². The molecular weight excluding hydrogens is 343 g/mol. The number of benzene rings is 2. The zero-order valence-corrected chi connectivity index (χ0v) is 14.5. The van der Waals surface area contributed by atoms with Gasteiger partial charge >= 0.3 is 0 Å². The molecule has 0 radical (unpaired) electrons. The van der Waals surface area contributed by atoms with E-state index in [1.807, 2.05) is 24.3 Å². The quantitative estimate of drug-likeness (QED) is 0.754. The standard InChI is InChI=1S/C21H17FN4O/c22-16-8-4-7-14(9-16)20-19-17(25-21-23-12-24-26(20)21)10-15(11-18(19)27)13-5-2-1-3-6-13/h1-9,12,15,20H,10-11H2,(H,23,24,25)/t15-,20-/m1/s1. The van der Waals surface area contributed by atoms with Crippen LogP contribution >= 0.6 is 0 Å². The fourth-order valence-electron chi connectivity index (χ4n) is 4.10. The van der Waals surface area contributed by atoms with E-state index in [1.165, 1.54) is 18.5 Å². The number of anilines is 1. The summed E-state index contributed by atoms with van der Waals surface area (Å²) >= 11 is 0. The van der Waals surface area contributed by atoms with Crippen molar-refractivity contribution in [2.75, 3.05) is 5.32 Å². The maximum absolute atomic E-state index is 13.9. The van der Waals surface area contributed by atoms with E-state index in [0.29, 0.717) is 29.9 Å². The highest BCUT2D eigenvalue weighted by Gasteiger charge is 2.39. The SMILES string of the molecule is O=C1C[C@H](c2ccccc2)CC2=C1[C@@H](c1cccc(F)c1)n1ncnc1N2. The van der Waals surface area contributed by atoms with E-state index < -0.39 is 6.04 Å². The highest BCUT2D eigenvalue weighted by Crippen LogP contribution is 2.43. The van der Waals surface area contributed by atoms with Crippen LogP contribution in [0.5, 0.6) is 0 Å². The Bertz CT molecular complexity index is 1060. The van der Waals surface area contributed by atoms with Crippen molar-refractivity contribution >= 4 is 11.7 Å². The van der Waals surface area contributed by atoms with Crippen LogP contribution in [0.4, 0.5) is 10.3 Å². The minimum absolute atomic E-state index is 0.0630. The van der Waals surface area contributed by atoms with E-state index >= 15 is 0 Å². The fourth-order valence-corrected chi connectivity index (χ4v) is 4.10. The first kappa shape index (κ1) is 15.9. The molecule has 1 aliphatic carbocycles. The molecule has 0 bridgehead atoms. The molecule has 1 aromatic heterocycles. The summed E-state index contributed by atoms with van der Waals surface area (Å²) in [6.07, 6.45) is 2.59. The number of hydrogen-bond acceptors (Lipinski definition) is 4. The maximum atomic E-state index is 13.9. The molecule has 0 saturated carbocycles. The Morgan fingerprint density at radius 3 is 2.67 bits per heavy atom. The smallest absolute Gasteiger partial charge is 0.226 e. The molecule has 0 fully saturated rings. The summed E-state index contributed by atoms with van der Waals surface area (Å²) < 4.78 is 15.5. The van der Waals surface area contributed by atoms with Crippen LogP contribution in [0, 0.1) is 5.82 Å². The minimum Gasteiger partial charge on any atom is -0.328 e. The number of hydrogen-bond donors (Lipinski definition) is 1. The highest BCUT2D eigenvalue weighted by molar-refractivity contribution is 6.00. The summed E-state index contributed by atoms with van der Waals surface area (Å²) in [4.78, 5) is 17.4. The number of carbonyl (C=O) groups is 1. The minimum atomic E-state index is -0.460. The fraction of sp³-hybridized carbons (Fsp3) is 0.190. The zero-order valence-electron chi connectivity index (χ0n) is 14.5. The number of halogens is 1. The molecule has 27 heavy (non-hydrogen) atoms. The molecule has 6 heteroatoms. The van der Waals surface area contributed by atoms with Gasteiger partial charge in [0.2, 0.25) is 5.95 Å². The van der Waals surface area contributed by atoms with E-state index in [4.69, 9.17) is 0 Å². The number of fused-ring (bicyclic) bond motifs is 1. The lowest BCUT2D eigenvalue weighted by molar-refractivity contribution is -0.116. The monoisotopic (exact) mass is 360 g/mol. The topological polar surface area (TPSA) is 59.8 Å². The third-order valence-electron chi connectivity index (χ3n) is 5.30. The van der Waals surface area contributed by atoms with Gasteiger partial charge in [-0.25, -0.2) is 9.07 Å². The summed E-state index contributed by atoms with van der Waals surface area (Å²) in [5, 5.41) is 7.56. The molecule has 134 valence electrons. The van der Waals surface area contributed by atoms with Crippen LogP contribution in [-0.4, -0.2) is 20.5 Å². The van der Waals surface area contributed by atoms with Crippen LogP contribution < -0.4 is 5.32 Å². The largest absolute Gasteiger partial charge is 0.328 e. The molecule has 0 unspecified atom stereocenters. The third-order valence-corrected chi connectivity index (χ3v) is 5.30. The van der Waals surface area contributed by atoms with Gasteiger partial charge in [0.15, 0.2) is 5.78 Å². The van der Waals surface area contributed by atoms with Crippen molar-refractivity contribution in [2.24, 2.45) is 0 Å². The van der Waals surface area contributed by atoms with E-state index in [-0.39, 0.29) is 17.5 Å². The molecule has 1 aliphatic heterocycles. The molecule has 1 N–H and O–H groups in total. The van der Waals surface area contributed by atoms with Gasteiger partial charge < -0.3 is 5.32 Å². The molecule has 0 spiro atoms. The first-order valence-electron chi connectivity index (χ1n) is 8.94. The second kappa shape index (κ2) is 6.16. The molecule has 2 aliphatic rings. The van der Waals surface area contributed by atoms with Crippen molar-refractivity contribution in [2.45, 2.75) is 24.8 Å². The van der Waals surface area contributed by atoms with Crippen molar-refractivity contribution in [3.05, 3.63) is 89.1 Å². The average Bonchev–Trinajstić information content (AvgIpc) is 3.15. The number of rotatable bonds is 2. The lowest BCUT2D eigenvalue weighted by Gasteiger charge is -2.35. The molecule has 3 aromatic rings. The Morgan fingerprint density at radius 2 is 1.85 bits per heavy atom. The molecular formula is C21H17FN4O. The van der Waals surface area contributed by atoms with Crippen molar-refractivity contribution in [3.8, 4) is 0 Å². The molecule has 5 rings (SSSR count). The van der Waals surface area contributed by atoms with Gasteiger partial charge in [-0.1, -0.05) is 42.5 Å². The third kappa shape index (κ3) is 2.65. The summed E-state index contributed by atoms with van der Waals surface area (Å²) in [7, 11) is 0. The first-order chi connectivity index (χ1) is 13.2. The van der Waals surface area contributed by atoms with Crippen LogP contribution in [0.3, 0.4) is 0 Å². The summed E-state index contributed by atoms with van der Waals surface area (Å²) in [6.45, 7) is 0. The summed E-state index contributed by atoms with van der Waals surface area (Å²) in [5.74, 6) is 0.422. The second-order valence-corrected chi connectivity index (χ2v) is 6.94. The predicted octanol–water partition coefficient (Wildman–Crippen LogP) is 3.83. The van der Waals surface area contributed by atoms with Crippen molar-refractivity contribution in [3.63, 3.8) is 0 Å². The summed E-state index contributed by atoms with van der Waals surface area (Å²) in [6, 6.07) is 15.9. The Balaban J connectivity index is 1.62. The number of ketones is 1. The van der Waals surface area contributed by atoms with Crippen molar-refractivity contribution in [1.82, 2.24) is 14.8 Å². The molecule has 0 saturated heterocycles. The van der Waals surface area contributed by atoms with Crippen molar-refractivity contribution < 1.29 is 9.18 Å². The normalized spacial score (nSPS) is 21.4. The lowest BCUT2D eigenvalue weighted by Crippen LogP contribution is -2.33. The van der Waals surface area contributed by atoms with E-state index in [0.717, 1.165) is 11.3 Å². The Morgan fingerprint density at radius 1 is 1.04 bits per heavy atom. The van der Waals surface area contributed by atoms with Gasteiger partial charge in [0.1, 0.15) is 18.2 Å². The maximum Gasteiger partial charge on any atom is 0.226 e. The van der Waals surface area contributed by atoms with Crippen LogP contribution in [-0.2, 0) is 4.79 Å². The first-order valence-corrected chi connectivity index (χ1v) is 8.94. The van der Waals surface area contributed by atoms with Gasteiger partial charge in [0, 0.05) is 17.7 Å². The highest BCUT2D eigenvalue weighted by atomic mass is 19.1. The number of nitrogens with one attached hydrogen (secondary N) is 1. The average molecular weight is 360 g/mol. The molecule has 2 aromatic carbocycles. The van der Waals surface area contributed by atoms with E-state index in [1.54, 1.807) is 10.7 Å². The van der Waals surface area contributed by atoms with Crippen LogP contribution in [0.1, 0.15) is 35.9 Å². The van der Waals surface area contributed by atoms with Crippen LogP contribution in [0.2, 0.25) is 0 Å². The molecule has 0 amide bonds. The summed E-state index contributed by atoms with van der Waals surface area (Å²) in [5.41, 5.74) is 3.36. The number of aromatic nitrogens is 3. The number of Topliss-reactive ketones (excluding diaryl/α,β-unsaturated/α-hetero) is 1. The van der Waals surface area contributed by atoms with Crippen molar-refractivity contribution in [1.29, 1.82) is 0 Å².